The molecule has 0 N–H and O–H groups in total. The normalized spacial score (nSPS) is 31.1. The standard InChI is InChI=1S/C13H21NO3/c1-4-8(5-2)11-9-6-7-10(13(15)16-3)12(9)17-14-11/h8-10,12H,4-7H2,1-3H3/t9-,10+,12?/m1/s1. The number of hydrogen-bond acceptors (Lipinski definition) is 4. The largest absolute Gasteiger partial charge is 0.469 e. The Bertz CT molecular complexity index is 323. The fourth-order valence-corrected chi connectivity index (χ4v) is 3.11. The number of carbonyl (C=O) groups excluding carboxylic acids is 1. The number of hydrogen-bond donors (Lipinski definition) is 0. The van der Waals surface area contributed by atoms with Crippen molar-refractivity contribution in [2.45, 2.75) is 45.6 Å². The molecular formula is C13H21NO3. The maximum Gasteiger partial charge on any atom is 0.312 e. The lowest BCUT2D eigenvalue weighted by Gasteiger charge is -2.17. The molecule has 0 spiro atoms. The Kier molecular flexibility index (Phi) is 3.69. The Morgan fingerprint density at radius 2 is 2.18 bits per heavy atom. The zero-order valence-electron chi connectivity index (χ0n) is 10.8. The second kappa shape index (κ2) is 5.07. The average molecular weight is 239 g/mol. The summed E-state index contributed by atoms with van der Waals surface area (Å²) >= 11 is 0. The van der Waals surface area contributed by atoms with Gasteiger partial charge in [-0.1, -0.05) is 19.0 Å². The number of fused-ring (bicyclic) bond motifs is 1. The Morgan fingerprint density at radius 3 is 2.76 bits per heavy atom. The molecule has 2 rings (SSSR count). The molecule has 1 unspecified atom stereocenters. The van der Waals surface area contributed by atoms with Crippen LogP contribution in [0.2, 0.25) is 0 Å². The van der Waals surface area contributed by atoms with Crippen molar-refractivity contribution in [2.75, 3.05) is 7.11 Å². The Balaban J connectivity index is 2.07. The smallest absolute Gasteiger partial charge is 0.312 e. The maximum absolute atomic E-state index is 11.6. The van der Waals surface area contributed by atoms with E-state index in [0.717, 1.165) is 25.7 Å². The van der Waals surface area contributed by atoms with Gasteiger partial charge in [-0.15, -0.1) is 0 Å². The van der Waals surface area contributed by atoms with Gasteiger partial charge in [0.1, 0.15) is 6.10 Å². The zero-order valence-corrected chi connectivity index (χ0v) is 10.8. The van der Waals surface area contributed by atoms with E-state index < -0.39 is 0 Å². The predicted molar refractivity (Wildman–Crippen MR) is 64.6 cm³/mol. The minimum Gasteiger partial charge on any atom is -0.469 e. The van der Waals surface area contributed by atoms with Crippen molar-refractivity contribution in [1.29, 1.82) is 0 Å². The molecule has 0 aromatic carbocycles. The topological polar surface area (TPSA) is 47.9 Å². The van der Waals surface area contributed by atoms with Gasteiger partial charge in [0, 0.05) is 11.8 Å². The second-order valence-corrected chi connectivity index (χ2v) is 4.91. The van der Waals surface area contributed by atoms with E-state index in [-0.39, 0.29) is 18.0 Å². The molecule has 1 aliphatic carbocycles. The van der Waals surface area contributed by atoms with Gasteiger partial charge in [0.05, 0.1) is 18.7 Å². The van der Waals surface area contributed by atoms with Gasteiger partial charge in [0.25, 0.3) is 0 Å². The van der Waals surface area contributed by atoms with E-state index in [1.807, 2.05) is 0 Å². The molecule has 4 nitrogen and oxygen atoms in total. The number of nitrogens with zero attached hydrogens (tertiary/aromatic N) is 1. The molecule has 2 aliphatic rings. The molecule has 3 atom stereocenters. The first-order chi connectivity index (χ1) is 8.22. The number of esters is 1. The SMILES string of the molecule is CCC(CC)C1=NOC2[C@@H](C(=O)OC)CC[C@H]12. The van der Waals surface area contributed by atoms with Crippen molar-refractivity contribution < 1.29 is 14.4 Å². The molecule has 4 heteroatoms. The summed E-state index contributed by atoms with van der Waals surface area (Å²) in [6.45, 7) is 4.35. The van der Waals surface area contributed by atoms with Gasteiger partial charge in [-0.05, 0) is 25.7 Å². The summed E-state index contributed by atoms with van der Waals surface area (Å²) in [5.74, 6) is 0.560. The molecule has 0 saturated heterocycles. The van der Waals surface area contributed by atoms with E-state index in [4.69, 9.17) is 9.57 Å². The molecule has 1 fully saturated rings. The highest BCUT2D eigenvalue weighted by Crippen LogP contribution is 2.41. The molecule has 0 aromatic heterocycles. The summed E-state index contributed by atoms with van der Waals surface area (Å²) in [5.41, 5.74) is 1.17. The molecule has 1 saturated carbocycles. The Morgan fingerprint density at radius 1 is 1.47 bits per heavy atom. The lowest BCUT2D eigenvalue weighted by Crippen LogP contribution is -2.30. The Labute approximate surface area is 102 Å². The number of ether oxygens (including phenoxy) is 1. The molecule has 0 bridgehead atoms. The van der Waals surface area contributed by atoms with Crippen LogP contribution in [-0.2, 0) is 14.4 Å². The van der Waals surface area contributed by atoms with Crippen molar-refractivity contribution in [3.8, 4) is 0 Å². The van der Waals surface area contributed by atoms with Crippen molar-refractivity contribution in [3.63, 3.8) is 0 Å². The van der Waals surface area contributed by atoms with Gasteiger partial charge in [0.15, 0.2) is 0 Å². The van der Waals surface area contributed by atoms with E-state index in [0.29, 0.717) is 11.8 Å². The molecule has 0 aromatic rings. The van der Waals surface area contributed by atoms with Crippen LogP contribution in [0, 0.1) is 17.8 Å². The van der Waals surface area contributed by atoms with E-state index in [9.17, 15) is 4.79 Å². The minimum absolute atomic E-state index is 0.0713. The van der Waals surface area contributed by atoms with E-state index in [2.05, 4.69) is 19.0 Å². The van der Waals surface area contributed by atoms with E-state index in [1.54, 1.807) is 0 Å². The van der Waals surface area contributed by atoms with Crippen LogP contribution in [0.5, 0.6) is 0 Å². The average Bonchev–Trinajstić information content (AvgIpc) is 2.92. The van der Waals surface area contributed by atoms with Gasteiger partial charge in [0.2, 0.25) is 0 Å². The van der Waals surface area contributed by atoms with Crippen molar-refractivity contribution >= 4 is 11.7 Å². The minimum atomic E-state index is -0.154. The molecule has 0 radical (unpaired) electrons. The third-order valence-corrected chi connectivity index (χ3v) is 4.15. The van der Waals surface area contributed by atoms with Crippen LogP contribution >= 0.6 is 0 Å². The number of oxime groups is 1. The maximum atomic E-state index is 11.6. The van der Waals surface area contributed by atoms with Crippen LogP contribution in [-0.4, -0.2) is 24.9 Å². The number of rotatable bonds is 4. The van der Waals surface area contributed by atoms with Crippen LogP contribution < -0.4 is 0 Å². The van der Waals surface area contributed by atoms with Crippen molar-refractivity contribution in [1.82, 2.24) is 0 Å². The molecule has 1 aliphatic heterocycles. The summed E-state index contributed by atoms with van der Waals surface area (Å²) in [6.07, 6.45) is 3.97. The van der Waals surface area contributed by atoms with E-state index in [1.165, 1.54) is 12.8 Å². The fraction of sp³-hybridized carbons (Fsp3) is 0.846. The van der Waals surface area contributed by atoms with Gasteiger partial charge in [-0.2, -0.15) is 0 Å². The van der Waals surface area contributed by atoms with Gasteiger partial charge in [-0.3, -0.25) is 4.79 Å². The molecule has 17 heavy (non-hydrogen) atoms. The first kappa shape index (κ1) is 12.4. The third kappa shape index (κ3) is 2.05. The first-order valence-corrected chi connectivity index (χ1v) is 6.54. The predicted octanol–water partition coefficient (Wildman–Crippen LogP) is 2.38. The van der Waals surface area contributed by atoms with Crippen molar-refractivity contribution in [2.24, 2.45) is 22.9 Å². The highest BCUT2D eigenvalue weighted by Gasteiger charge is 2.49. The summed E-state index contributed by atoms with van der Waals surface area (Å²) in [6, 6.07) is 0. The zero-order chi connectivity index (χ0) is 12.4. The fourth-order valence-electron chi connectivity index (χ4n) is 3.11. The summed E-state index contributed by atoms with van der Waals surface area (Å²) in [7, 11) is 1.44. The van der Waals surface area contributed by atoms with Crippen LogP contribution in [0.25, 0.3) is 0 Å². The van der Waals surface area contributed by atoms with Gasteiger partial charge in [-0.25, -0.2) is 0 Å². The third-order valence-electron chi connectivity index (χ3n) is 4.15. The van der Waals surface area contributed by atoms with Gasteiger partial charge < -0.3 is 9.57 Å². The molecule has 0 amide bonds. The second-order valence-electron chi connectivity index (χ2n) is 4.91. The lowest BCUT2D eigenvalue weighted by molar-refractivity contribution is -0.149. The van der Waals surface area contributed by atoms with Crippen LogP contribution in [0.4, 0.5) is 0 Å². The molecule has 1 heterocycles. The molecular weight excluding hydrogens is 218 g/mol. The summed E-state index contributed by atoms with van der Waals surface area (Å²) in [5, 5.41) is 4.24. The van der Waals surface area contributed by atoms with Crippen LogP contribution in [0.3, 0.4) is 0 Å². The lowest BCUT2D eigenvalue weighted by atomic mass is 9.86. The van der Waals surface area contributed by atoms with E-state index >= 15 is 0 Å². The van der Waals surface area contributed by atoms with Crippen LogP contribution in [0.15, 0.2) is 5.16 Å². The highest BCUT2D eigenvalue weighted by atomic mass is 16.6. The van der Waals surface area contributed by atoms with Crippen LogP contribution in [0.1, 0.15) is 39.5 Å². The quantitative estimate of drug-likeness (QED) is 0.708. The van der Waals surface area contributed by atoms with Crippen molar-refractivity contribution in [3.05, 3.63) is 0 Å². The Hall–Kier alpha value is -1.06. The van der Waals surface area contributed by atoms with Gasteiger partial charge >= 0.3 is 5.97 Å². The number of methoxy groups -OCH3 is 1. The summed E-state index contributed by atoms with van der Waals surface area (Å²) < 4.78 is 4.82. The highest BCUT2D eigenvalue weighted by molar-refractivity contribution is 5.91. The monoisotopic (exact) mass is 239 g/mol. The molecule has 96 valence electrons. The number of carbonyl (C=O) groups is 1. The summed E-state index contributed by atoms with van der Waals surface area (Å²) in [4.78, 5) is 17.1. The first-order valence-electron chi connectivity index (χ1n) is 6.54.